The second-order valence-corrected chi connectivity index (χ2v) is 3.24. The molecule has 0 aliphatic carbocycles. The summed E-state index contributed by atoms with van der Waals surface area (Å²) in [6.07, 6.45) is 2.52. The Kier molecular flexibility index (Phi) is 2.32. The average Bonchev–Trinajstić information content (AvgIpc) is 2.03. The summed E-state index contributed by atoms with van der Waals surface area (Å²) in [4.78, 5) is 14.2. The molecule has 0 atom stereocenters. The van der Waals surface area contributed by atoms with Crippen molar-refractivity contribution >= 4 is 5.97 Å². The summed E-state index contributed by atoms with van der Waals surface area (Å²) in [7, 11) is 0. The lowest BCUT2D eigenvalue weighted by Gasteiger charge is -2.13. The first kappa shape index (κ1) is 9.64. The van der Waals surface area contributed by atoms with Crippen LogP contribution in [0.4, 0.5) is 4.39 Å². The Morgan fingerprint density at radius 3 is 2.62 bits per heavy atom. The lowest BCUT2D eigenvalue weighted by Crippen LogP contribution is -2.11. The van der Waals surface area contributed by atoms with Crippen LogP contribution in [-0.2, 0) is 5.67 Å². The quantitative estimate of drug-likeness (QED) is 0.762. The molecular formula is C9H10FNO2. The molecule has 0 saturated carbocycles. The predicted octanol–water partition coefficient (Wildman–Crippen LogP) is 1.98. The zero-order valence-corrected chi connectivity index (χ0v) is 7.41. The molecule has 0 aliphatic heterocycles. The first-order chi connectivity index (χ1) is 5.91. The highest BCUT2D eigenvalue weighted by atomic mass is 19.1. The standard InChI is InChI=1S/C9H10FNO2/c1-9(2,10)7-3-6(8(12)13)4-11-5-7/h3-5H,1-2H3,(H,12,13). The Morgan fingerprint density at radius 1 is 1.54 bits per heavy atom. The number of hydrogen-bond donors (Lipinski definition) is 1. The third-order valence-corrected chi connectivity index (χ3v) is 1.67. The van der Waals surface area contributed by atoms with Crippen molar-refractivity contribution in [2.24, 2.45) is 0 Å². The van der Waals surface area contributed by atoms with Crippen molar-refractivity contribution < 1.29 is 14.3 Å². The highest BCUT2D eigenvalue weighted by Crippen LogP contribution is 2.23. The molecule has 0 spiro atoms. The van der Waals surface area contributed by atoms with Crippen LogP contribution in [0.3, 0.4) is 0 Å². The van der Waals surface area contributed by atoms with Crippen molar-refractivity contribution in [3.05, 3.63) is 29.6 Å². The van der Waals surface area contributed by atoms with Crippen molar-refractivity contribution in [1.82, 2.24) is 4.98 Å². The number of hydrogen-bond acceptors (Lipinski definition) is 2. The van der Waals surface area contributed by atoms with Gasteiger partial charge in [0.15, 0.2) is 0 Å². The molecule has 0 bridgehead atoms. The van der Waals surface area contributed by atoms with Crippen molar-refractivity contribution in [3.63, 3.8) is 0 Å². The van der Waals surface area contributed by atoms with Gasteiger partial charge in [-0.1, -0.05) is 0 Å². The summed E-state index contributed by atoms with van der Waals surface area (Å²) >= 11 is 0. The number of carboxylic acid groups (broad SMARTS) is 1. The molecule has 0 aliphatic rings. The highest BCUT2D eigenvalue weighted by molar-refractivity contribution is 5.87. The van der Waals surface area contributed by atoms with Gasteiger partial charge in [-0.3, -0.25) is 4.98 Å². The summed E-state index contributed by atoms with van der Waals surface area (Å²) in [5.41, 5.74) is -1.28. The summed E-state index contributed by atoms with van der Waals surface area (Å²) < 4.78 is 13.3. The van der Waals surface area contributed by atoms with Crippen LogP contribution >= 0.6 is 0 Å². The third kappa shape index (κ3) is 2.24. The molecule has 70 valence electrons. The van der Waals surface area contributed by atoms with Gasteiger partial charge in [0.2, 0.25) is 0 Å². The Morgan fingerprint density at radius 2 is 2.15 bits per heavy atom. The Balaban J connectivity index is 3.13. The van der Waals surface area contributed by atoms with Crippen LogP contribution in [0, 0.1) is 0 Å². The second-order valence-electron chi connectivity index (χ2n) is 3.24. The maximum absolute atomic E-state index is 13.3. The molecule has 1 N–H and O–H groups in total. The van der Waals surface area contributed by atoms with Gasteiger partial charge in [0, 0.05) is 18.0 Å². The molecule has 1 aromatic heterocycles. The molecule has 0 unspecified atom stereocenters. The molecule has 0 saturated heterocycles. The van der Waals surface area contributed by atoms with Crippen molar-refractivity contribution in [3.8, 4) is 0 Å². The average molecular weight is 183 g/mol. The zero-order chi connectivity index (χ0) is 10.1. The van der Waals surface area contributed by atoms with Crippen LogP contribution in [0.5, 0.6) is 0 Å². The minimum atomic E-state index is -1.56. The first-order valence-electron chi connectivity index (χ1n) is 3.79. The molecule has 0 fully saturated rings. The van der Waals surface area contributed by atoms with Gasteiger partial charge >= 0.3 is 5.97 Å². The topological polar surface area (TPSA) is 50.2 Å². The lowest BCUT2D eigenvalue weighted by atomic mass is 10.0. The van der Waals surface area contributed by atoms with Gasteiger partial charge in [-0.25, -0.2) is 9.18 Å². The smallest absolute Gasteiger partial charge is 0.337 e. The fourth-order valence-electron chi connectivity index (χ4n) is 0.882. The number of halogens is 1. The number of aromatic nitrogens is 1. The van der Waals surface area contributed by atoms with E-state index in [-0.39, 0.29) is 11.1 Å². The van der Waals surface area contributed by atoms with Gasteiger partial charge in [-0.2, -0.15) is 0 Å². The monoisotopic (exact) mass is 183 g/mol. The number of rotatable bonds is 2. The normalized spacial score (nSPS) is 11.3. The maximum Gasteiger partial charge on any atom is 0.337 e. The van der Waals surface area contributed by atoms with Crippen LogP contribution in [0.15, 0.2) is 18.5 Å². The van der Waals surface area contributed by atoms with E-state index >= 15 is 0 Å². The summed E-state index contributed by atoms with van der Waals surface area (Å²) in [6, 6.07) is 1.29. The van der Waals surface area contributed by atoms with Crippen LogP contribution in [0.1, 0.15) is 29.8 Å². The Labute approximate surface area is 75.2 Å². The van der Waals surface area contributed by atoms with E-state index in [9.17, 15) is 9.18 Å². The van der Waals surface area contributed by atoms with Crippen LogP contribution in [0.25, 0.3) is 0 Å². The number of carbonyl (C=O) groups is 1. The van der Waals surface area contributed by atoms with E-state index in [2.05, 4.69) is 4.98 Å². The molecule has 0 radical (unpaired) electrons. The largest absolute Gasteiger partial charge is 0.478 e. The molecule has 0 amide bonds. The van der Waals surface area contributed by atoms with E-state index in [4.69, 9.17) is 5.11 Å². The molecular weight excluding hydrogens is 173 g/mol. The van der Waals surface area contributed by atoms with E-state index in [0.29, 0.717) is 0 Å². The number of carboxylic acids is 1. The van der Waals surface area contributed by atoms with Crippen LogP contribution in [-0.4, -0.2) is 16.1 Å². The van der Waals surface area contributed by atoms with E-state index < -0.39 is 11.6 Å². The van der Waals surface area contributed by atoms with Crippen LogP contribution < -0.4 is 0 Å². The number of pyridine rings is 1. The van der Waals surface area contributed by atoms with Gasteiger partial charge in [0.05, 0.1) is 5.56 Å². The van der Waals surface area contributed by atoms with Gasteiger partial charge in [-0.05, 0) is 19.9 Å². The van der Waals surface area contributed by atoms with Gasteiger partial charge in [-0.15, -0.1) is 0 Å². The van der Waals surface area contributed by atoms with Gasteiger partial charge in [0.25, 0.3) is 0 Å². The molecule has 4 heteroatoms. The number of aromatic carboxylic acids is 1. The molecule has 3 nitrogen and oxygen atoms in total. The van der Waals surface area contributed by atoms with E-state index in [1.54, 1.807) is 0 Å². The van der Waals surface area contributed by atoms with Crippen molar-refractivity contribution in [2.75, 3.05) is 0 Å². The lowest BCUT2D eigenvalue weighted by molar-refractivity contribution is 0.0696. The molecule has 13 heavy (non-hydrogen) atoms. The molecule has 1 rings (SSSR count). The van der Waals surface area contributed by atoms with Crippen molar-refractivity contribution in [2.45, 2.75) is 19.5 Å². The minimum absolute atomic E-state index is 0.00299. The number of nitrogens with zero attached hydrogens (tertiary/aromatic N) is 1. The SMILES string of the molecule is CC(C)(F)c1cncc(C(=O)O)c1. The first-order valence-corrected chi connectivity index (χ1v) is 3.79. The van der Waals surface area contributed by atoms with Crippen LogP contribution in [0.2, 0.25) is 0 Å². The summed E-state index contributed by atoms with van der Waals surface area (Å²) in [5.74, 6) is -1.10. The van der Waals surface area contributed by atoms with E-state index in [1.807, 2.05) is 0 Å². The van der Waals surface area contributed by atoms with Gasteiger partial charge in [0.1, 0.15) is 5.67 Å². The van der Waals surface area contributed by atoms with Gasteiger partial charge < -0.3 is 5.11 Å². The Bertz CT molecular complexity index is 331. The molecule has 0 aromatic carbocycles. The predicted molar refractivity (Wildman–Crippen MR) is 45.3 cm³/mol. The fourth-order valence-corrected chi connectivity index (χ4v) is 0.882. The Hall–Kier alpha value is -1.45. The summed E-state index contributed by atoms with van der Waals surface area (Å²) in [6.45, 7) is 2.71. The number of alkyl halides is 1. The molecule has 1 heterocycles. The fraction of sp³-hybridized carbons (Fsp3) is 0.333. The van der Waals surface area contributed by atoms with E-state index in [0.717, 1.165) is 0 Å². The highest BCUT2D eigenvalue weighted by Gasteiger charge is 2.20. The third-order valence-electron chi connectivity index (χ3n) is 1.67. The van der Waals surface area contributed by atoms with E-state index in [1.165, 1.54) is 32.3 Å². The molecule has 1 aromatic rings. The minimum Gasteiger partial charge on any atom is -0.478 e. The maximum atomic E-state index is 13.3. The van der Waals surface area contributed by atoms with Crippen molar-refractivity contribution in [1.29, 1.82) is 0 Å². The zero-order valence-electron chi connectivity index (χ0n) is 7.41. The summed E-state index contributed by atoms with van der Waals surface area (Å²) in [5, 5.41) is 8.61. The second kappa shape index (κ2) is 3.12.